The summed E-state index contributed by atoms with van der Waals surface area (Å²) in [7, 11) is 0. The average Bonchev–Trinajstić information content (AvgIpc) is 2.34. The van der Waals surface area contributed by atoms with Crippen molar-refractivity contribution >= 4 is 50.1 Å². The molecule has 1 heterocycles. The van der Waals surface area contributed by atoms with Gasteiger partial charge >= 0.3 is 0 Å². The Balaban J connectivity index is 2.63. The molecule has 0 fully saturated rings. The van der Waals surface area contributed by atoms with Crippen molar-refractivity contribution < 1.29 is 4.39 Å². The normalized spacial score (nSPS) is 11.8. The molecular formula is C14H12BrClFIN2. The van der Waals surface area contributed by atoms with Gasteiger partial charge in [0.1, 0.15) is 11.0 Å². The van der Waals surface area contributed by atoms with E-state index in [2.05, 4.69) is 69.3 Å². The van der Waals surface area contributed by atoms with Crippen molar-refractivity contribution in [3.63, 3.8) is 0 Å². The molecule has 2 rings (SSSR count). The van der Waals surface area contributed by atoms with Gasteiger partial charge in [-0.05, 0) is 56.7 Å². The monoisotopic (exact) mass is 468 g/mol. The minimum atomic E-state index is -0.318. The second-order valence-electron chi connectivity index (χ2n) is 5.38. The second kappa shape index (κ2) is 5.85. The fraction of sp³-hybridized carbons (Fsp3) is 0.286. The molecule has 0 unspecified atom stereocenters. The first-order valence-electron chi connectivity index (χ1n) is 5.89. The average molecular weight is 470 g/mol. The summed E-state index contributed by atoms with van der Waals surface area (Å²) in [5.74, 6) is 0.183. The second-order valence-corrected chi connectivity index (χ2v) is 7.67. The fourth-order valence-electron chi connectivity index (χ4n) is 1.68. The van der Waals surface area contributed by atoms with Gasteiger partial charge in [0.15, 0.2) is 5.82 Å². The SMILES string of the molecule is CC(C)(C)c1nc(-c2ccc(F)c(Br)c2)nc(Cl)c1I. The summed E-state index contributed by atoms with van der Waals surface area (Å²) in [6.07, 6.45) is 0. The predicted molar refractivity (Wildman–Crippen MR) is 91.6 cm³/mol. The Hall–Kier alpha value is -0.270. The minimum absolute atomic E-state index is 0.144. The Bertz CT molecular complexity index is 671. The first kappa shape index (κ1) is 16.1. The van der Waals surface area contributed by atoms with E-state index in [0.29, 0.717) is 15.5 Å². The number of nitrogens with zero attached hydrogens (tertiary/aromatic N) is 2. The number of rotatable bonds is 1. The summed E-state index contributed by atoms with van der Waals surface area (Å²) in [6, 6.07) is 4.68. The molecule has 0 saturated heterocycles. The first-order chi connectivity index (χ1) is 9.20. The molecule has 20 heavy (non-hydrogen) atoms. The zero-order chi connectivity index (χ0) is 15.1. The largest absolute Gasteiger partial charge is 0.231 e. The van der Waals surface area contributed by atoms with Gasteiger partial charge in [0.05, 0.1) is 13.7 Å². The number of hydrogen-bond acceptors (Lipinski definition) is 2. The molecule has 0 aliphatic carbocycles. The molecule has 106 valence electrons. The van der Waals surface area contributed by atoms with Gasteiger partial charge in [-0.1, -0.05) is 32.4 Å². The molecule has 0 N–H and O–H groups in total. The Morgan fingerprint density at radius 1 is 1.25 bits per heavy atom. The van der Waals surface area contributed by atoms with Crippen LogP contribution in [0.2, 0.25) is 5.15 Å². The molecule has 0 aliphatic heterocycles. The van der Waals surface area contributed by atoms with Crippen LogP contribution in [0, 0.1) is 9.39 Å². The van der Waals surface area contributed by atoms with E-state index in [1.165, 1.54) is 6.07 Å². The lowest BCUT2D eigenvalue weighted by Crippen LogP contribution is -2.17. The number of aromatic nitrogens is 2. The van der Waals surface area contributed by atoms with Crippen molar-refractivity contribution in [2.75, 3.05) is 0 Å². The maximum atomic E-state index is 13.3. The quantitative estimate of drug-likeness (QED) is 0.401. The maximum absolute atomic E-state index is 13.3. The van der Waals surface area contributed by atoms with Crippen LogP contribution in [0.25, 0.3) is 11.4 Å². The van der Waals surface area contributed by atoms with Crippen LogP contribution in [-0.2, 0) is 5.41 Å². The van der Waals surface area contributed by atoms with Crippen molar-refractivity contribution in [2.24, 2.45) is 0 Å². The van der Waals surface area contributed by atoms with E-state index in [4.69, 9.17) is 11.6 Å². The summed E-state index contributed by atoms with van der Waals surface area (Å²) in [6.45, 7) is 6.20. The molecule has 2 aromatic rings. The highest BCUT2D eigenvalue weighted by Crippen LogP contribution is 2.32. The smallest absolute Gasteiger partial charge is 0.161 e. The van der Waals surface area contributed by atoms with Crippen LogP contribution in [0.5, 0.6) is 0 Å². The highest BCUT2D eigenvalue weighted by Gasteiger charge is 2.23. The van der Waals surface area contributed by atoms with Crippen molar-refractivity contribution in [2.45, 2.75) is 26.2 Å². The molecule has 0 atom stereocenters. The third-order valence-corrected chi connectivity index (χ3v) is 4.92. The van der Waals surface area contributed by atoms with Crippen molar-refractivity contribution in [3.05, 3.63) is 42.9 Å². The highest BCUT2D eigenvalue weighted by molar-refractivity contribution is 14.1. The fourth-order valence-corrected chi connectivity index (χ4v) is 3.28. The molecule has 0 amide bonds. The van der Waals surface area contributed by atoms with Crippen molar-refractivity contribution in [3.8, 4) is 11.4 Å². The molecule has 6 heteroatoms. The van der Waals surface area contributed by atoms with Gasteiger partial charge in [-0.3, -0.25) is 0 Å². The lowest BCUT2D eigenvalue weighted by Gasteiger charge is -2.20. The Morgan fingerprint density at radius 2 is 1.90 bits per heavy atom. The van der Waals surface area contributed by atoms with Crippen molar-refractivity contribution in [1.29, 1.82) is 0 Å². The van der Waals surface area contributed by atoms with Crippen LogP contribution in [0.1, 0.15) is 26.5 Å². The summed E-state index contributed by atoms with van der Waals surface area (Å²) in [5.41, 5.74) is 1.46. The topological polar surface area (TPSA) is 25.8 Å². The molecule has 1 aromatic heterocycles. The zero-order valence-corrected chi connectivity index (χ0v) is 15.6. The van der Waals surface area contributed by atoms with Crippen LogP contribution in [0.4, 0.5) is 4.39 Å². The Kier molecular flexibility index (Phi) is 4.71. The molecule has 2 nitrogen and oxygen atoms in total. The first-order valence-corrected chi connectivity index (χ1v) is 8.14. The summed E-state index contributed by atoms with van der Waals surface area (Å²) in [5, 5.41) is 0.418. The van der Waals surface area contributed by atoms with Gasteiger partial charge in [-0.2, -0.15) is 0 Å². The highest BCUT2D eigenvalue weighted by atomic mass is 127. The summed E-state index contributed by atoms with van der Waals surface area (Å²) >= 11 is 11.5. The molecule has 1 aromatic carbocycles. The van der Waals surface area contributed by atoms with Gasteiger partial charge in [0.25, 0.3) is 0 Å². The van der Waals surface area contributed by atoms with E-state index in [0.717, 1.165) is 14.8 Å². The van der Waals surface area contributed by atoms with Gasteiger partial charge in [-0.25, -0.2) is 14.4 Å². The molecule has 0 aliphatic rings. The standard InChI is InChI=1S/C14H12BrClFIN2/c1-14(2,3)11-10(18)12(16)20-13(19-11)7-4-5-9(17)8(15)6-7/h4-6H,1-3H3. The maximum Gasteiger partial charge on any atom is 0.161 e. The van der Waals surface area contributed by atoms with E-state index >= 15 is 0 Å². The van der Waals surface area contributed by atoms with Crippen LogP contribution in [0.15, 0.2) is 22.7 Å². The third kappa shape index (κ3) is 3.31. The van der Waals surface area contributed by atoms with Crippen LogP contribution >= 0.6 is 50.1 Å². The van der Waals surface area contributed by atoms with Crippen LogP contribution < -0.4 is 0 Å². The van der Waals surface area contributed by atoms with Crippen molar-refractivity contribution in [1.82, 2.24) is 9.97 Å². The van der Waals surface area contributed by atoms with E-state index < -0.39 is 0 Å². The van der Waals surface area contributed by atoms with Gasteiger partial charge in [0, 0.05) is 11.0 Å². The Morgan fingerprint density at radius 3 is 2.45 bits per heavy atom. The van der Waals surface area contributed by atoms with Gasteiger partial charge < -0.3 is 0 Å². The van der Waals surface area contributed by atoms with E-state index in [1.54, 1.807) is 12.1 Å². The van der Waals surface area contributed by atoms with Crippen LogP contribution in [0.3, 0.4) is 0 Å². The lowest BCUT2D eigenvalue weighted by molar-refractivity contribution is 0.563. The predicted octanol–water partition coefficient (Wildman–Crippen LogP) is 5.60. The van der Waals surface area contributed by atoms with E-state index in [1.807, 2.05) is 0 Å². The number of hydrogen-bond donors (Lipinski definition) is 0. The lowest BCUT2D eigenvalue weighted by atomic mass is 9.92. The number of benzene rings is 1. The zero-order valence-electron chi connectivity index (χ0n) is 11.1. The Labute approximate surface area is 144 Å². The molecule has 0 spiro atoms. The summed E-state index contributed by atoms with van der Waals surface area (Å²) < 4.78 is 14.5. The summed E-state index contributed by atoms with van der Waals surface area (Å²) in [4.78, 5) is 8.89. The molecular weight excluding hydrogens is 457 g/mol. The number of halogens is 4. The van der Waals surface area contributed by atoms with Crippen LogP contribution in [-0.4, -0.2) is 9.97 Å². The minimum Gasteiger partial charge on any atom is -0.231 e. The van der Waals surface area contributed by atoms with Gasteiger partial charge in [0.2, 0.25) is 0 Å². The molecule has 0 radical (unpaired) electrons. The molecule has 0 saturated carbocycles. The molecule has 0 bridgehead atoms. The van der Waals surface area contributed by atoms with E-state index in [9.17, 15) is 4.39 Å². The van der Waals surface area contributed by atoms with Gasteiger partial charge in [-0.15, -0.1) is 0 Å². The third-order valence-electron chi connectivity index (χ3n) is 2.70. The van der Waals surface area contributed by atoms with E-state index in [-0.39, 0.29) is 11.2 Å².